The molecule has 0 radical (unpaired) electrons. The van der Waals surface area contributed by atoms with Crippen molar-refractivity contribution in [1.82, 2.24) is 0 Å². The summed E-state index contributed by atoms with van der Waals surface area (Å²) in [5.74, 6) is 0. The van der Waals surface area contributed by atoms with E-state index in [9.17, 15) is 4.79 Å². The van der Waals surface area contributed by atoms with E-state index < -0.39 is 0 Å². The fraction of sp³-hybridized carbons (Fsp3) is 0.350. The zero-order valence-corrected chi connectivity index (χ0v) is 14.7. The maximum absolute atomic E-state index is 12.0. The van der Waals surface area contributed by atoms with E-state index in [1.54, 1.807) is 11.0 Å². The second kappa shape index (κ2) is 6.54. The number of quaternary nitrogens is 1. The average Bonchev–Trinajstić information content (AvgIpc) is 3.25. The minimum absolute atomic E-state index is 0.239. The van der Waals surface area contributed by atoms with Crippen LogP contribution in [-0.4, -0.2) is 6.54 Å². The Morgan fingerprint density at radius 2 is 2.21 bits per heavy atom. The Labute approximate surface area is 145 Å². The van der Waals surface area contributed by atoms with E-state index in [4.69, 9.17) is 4.42 Å². The smallest absolute Gasteiger partial charge is 0.336 e. The van der Waals surface area contributed by atoms with Crippen molar-refractivity contribution in [3.8, 4) is 0 Å². The maximum Gasteiger partial charge on any atom is 0.336 e. The van der Waals surface area contributed by atoms with Crippen molar-refractivity contribution in [2.45, 2.75) is 38.8 Å². The van der Waals surface area contributed by atoms with Gasteiger partial charge in [-0.3, -0.25) is 0 Å². The van der Waals surface area contributed by atoms with Crippen molar-refractivity contribution >= 4 is 22.3 Å². The third kappa shape index (κ3) is 2.92. The Morgan fingerprint density at radius 1 is 1.29 bits per heavy atom. The number of hydrogen-bond acceptors (Lipinski definition) is 3. The van der Waals surface area contributed by atoms with Crippen molar-refractivity contribution in [3.05, 3.63) is 68.2 Å². The number of likely N-dealkylation sites (tertiary alicyclic amines) is 1. The van der Waals surface area contributed by atoms with E-state index in [1.165, 1.54) is 23.3 Å². The molecule has 1 N–H and O–H groups in total. The van der Waals surface area contributed by atoms with E-state index >= 15 is 0 Å². The highest BCUT2D eigenvalue weighted by Crippen LogP contribution is 2.25. The van der Waals surface area contributed by atoms with Crippen LogP contribution in [0.15, 0.2) is 51.0 Å². The number of thiophene rings is 1. The molecule has 124 valence electrons. The summed E-state index contributed by atoms with van der Waals surface area (Å²) in [4.78, 5) is 15.0. The number of hydrogen-bond donors (Lipinski definition) is 1. The average molecular weight is 340 g/mol. The first-order valence-electron chi connectivity index (χ1n) is 8.68. The van der Waals surface area contributed by atoms with Gasteiger partial charge in [0.15, 0.2) is 0 Å². The molecule has 3 nitrogen and oxygen atoms in total. The predicted octanol–water partition coefficient (Wildman–Crippen LogP) is 3.34. The van der Waals surface area contributed by atoms with Gasteiger partial charge in [0.2, 0.25) is 0 Å². The molecule has 0 amide bonds. The lowest BCUT2D eigenvalue weighted by Crippen LogP contribution is -3.08. The Morgan fingerprint density at radius 3 is 3.00 bits per heavy atom. The van der Waals surface area contributed by atoms with E-state index in [2.05, 4.69) is 36.6 Å². The lowest BCUT2D eigenvalue weighted by Gasteiger charge is -2.21. The highest BCUT2D eigenvalue weighted by atomic mass is 32.1. The molecule has 3 aromatic rings. The minimum Gasteiger partial charge on any atom is -0.423 e. The van der Waals surface area contributed by atoms with E-state index in [0.29, 0.717) is 6.04 Å². The molecule has 3 heterocycles. The summed E-state index contributed by atoms with van der Waals surface area (Å²) >= 11 is 1.85. The van der Waals surface area contributed by atoms with E-state index in [-0.39, 0.29) is 5.63 Å². The van der Waals surface area contributed by atoms with Gasteiger partial charge >= 0.3 is 5.63 Å². The molecule has 4 heteroatoms. The molecule has 1 aromatic carbocycles. The van der Waals surface area contributed by atoms with Gasteiger partial charge in [-0.1, -0.05) is 25.1 Å². The summed E-state index contributed by atoms with van der Waals surface area (Å²) < 4.78 is 5.45. The number of rotatable bonds is 4. The predicted molar refractivity (Wildman–Crippen MR) is 97.7 cm³/mol. The first-order chi connectivity index (χ1) is 11.7. The first-order valence-corrected chi connectivity index (χ1v) is 9.56. The molecule has 0 bridgehead atoms. The third-order valence-electron chi connectivity index (χ3n) is 5.09. The van der Waals surface area contributed by atoms with Crippen LogP contribution < -0.4 is 10.5 Å². The standard InChI is InChI=1S/C20H21NO2S/c1-2-14-7-8-16-15(12-20(22)23-18(16)11-14)13-21-9-3-5-17(21)19-6-4-10-24-19/h4,6-8,10-12,17H,2-3,5,9,13H2,1H3/p+1/t17-/m1/s1. The summed E-state index contributed by atoms with van der Waals surface area (Å²) in [5.41, 5.74) is 2.80. The van der Waals surface area contributed by atoms with Crippen LogP contribution >= 0.6 is 11.3 Å². The number of aryl methyl sites for hydroxylation is 1. The fourth-order valence-electron chi connectivity index (χ4n) is 3.84. The SMILES string of the molecule is CCc1ccc2c(C[NH+]3CCC[C@@H]3c3cccs3)cc(=O)oc2c1. The molecule has 1 fully saturated rings. The van der Waals surface area contributed by atoms with Crippen LogP contribution in [0.4, 0.5) is 0 Å². The number of benzene rings is 1. The molecule has 0 saturated carbocycles. The molecule has 1 aliphatic rings. The summed E-state index contributed by atoms with van der Waals surface area (Å²) in [7, 11) is 0. The lowest BCUT2D eigenvalue weighted by atomic mass is 10.1. The Balaban J connectivity index is 1.70. The number of nitrogens with one attached hydrogen (secondary N) is 1. The van der Waals surface area contributed by atoms with Gasteiger partial charge < -0.3 is 9.32 Å². The second-order valence-electron chi connectivity index (χ2n) is 6.57. The van der Waals surface area contributed by atoms with Crippen molar-refractivity contribution < 1.29 is 9.32 Å². The van der Waals surface area contributed by atoms with Gasteiger partial charge in [-0.05, 0) is 29.5 Å². The number of fused-ring (bicyclic) bond motifs is 1. The molecule has 1 saturated heterocycles. The Bertz CT molecular complexity index is 898. The van der Waals surface area contributed by atoms with Gasteiger partial charge in [0.25, 0.3) is 0 Å². The third-order valence-corrected chi connectivity index (χ3v) is 6.08. The second-order valence-corrected chi connectivity index (χ2v) is 7.55. The highest BCUT2D eigenvalue weighted by Gasteiger charge is 2.31. The summed E-state index contributed by atoms with van der Waals surface area (Å²) in [6, 6.07) is 12.9. The fourth-order valence-corrected chi connectivity index (χ4v) is 4.76. The van der Waals surface area contributed by atoms with Gasteiger partial charge in [-0.15, -0.1) is 11.3 Å². The molecular formula is C20H22NO2S+. The first kappa shape index (κ1) is 15.6. The van der Waals surface area contributed by atoms with Gasteiger partial charge in [0.1, 0.15) is 18.2 Å². The summed E-state index contributed by atoms with van der Waals surface area (Å²) in [6.45, 7) is 4.16. The van der Waals surface area contributed by atoms with Crippen LogP contribution in [0.5, 0.6) is 0 Å². The molecule has 1 unspecified atom stereocenters. The van der Waals surface area contributed by atoms with E-state index in [1.807, 2.05) is 17.4 Å². The molecule has 0 aliphatic carbocycles. The summed E-state index contributed by atoms with van der Waals surface area (Å²) in [5, 5.41) is 3.24. The quantitative estimate of drug-likeness (QED) is 0.739. The Kier molecular flexibility index (Phi) is 4.25. The van der Waals surface area contributed by atoms with Crippen LogP contribution in [0, 0.1) is 0 Å². The van der Waals surface area contributed by atoms with Crippen LogP contribution in [0.3, 0.4) is 0 Å². The zero-order valence-electron chi connectivity index (χ0n) is 13.9. The molecular weight excluding hydrogens is 318 g/mol. The van der Waals surface area contributed by atoms with Crippen molar-refractivity contribution in [1.29, 1.82) is 0 Å². The van der Waals surface area contributed by atoms with Crippen LogP contribution in [-0.2, 0) is 13.0 Å². The highest BCUT2D eigenvalue weighted by molar-refractivity contribution is 7.10. The zero-order chi connectivity index (χ0) is 16.5. The minimum atomic E-state index is -0.239. The molecule has 0 spiro atoms. The monoisotopic (exact) mass is 340 g/mol. The van der Waals surface area contributed by atoms with Crippen molar-refractivity contribution in [2.24, 2.45) is 0 Å². The van der Waals surface area contributed by atoms with Gasteiger partial charge in [0.05, 0.1) is 11.4 Å². The normalized spacial score (nSPS) is 20.7. The van der Waals surface area contributed by atoms with Gasteiger partial charge in [-0.25, -0.2) is 4.79 Å². The maximum atomic E-state index is 12.0. The van der Waals surface area contributed by atoms with Crippen LogP contribution in [0.25, 0.3) is 11.0 Å². The summed E-state index contributed by atoms with van der Waals surface area (Å²) in [6.07, 6.45) is 3.42. The van der Waals surface area contributed by atoms with E-state index in [0.717, 1.165) is 36.0 Å². The lowest BCUT2D eigenvalue weighted by molar-refractivity contribution is -0.931. The van der Waals surface area contributed by atoms with Crippen molar-refractivity contribution in [3.63, 3.8) is 0 Å². The Hall–Kier alpha value is -1.91. The molecule has 1 aliphatic heterocycles. The molecule has 2 atom stereocenters. The van der Waals surface area contributed by atoms with Gasteiger partial charge in [-0.2, -0.15) is 0 Å². The van der Waals surface area contributed by atoms with Crippen molar-refractivity contribution in [2.75, 3.05) is 6.54 Å². The van der Waals surface area contributed by atoms with Crippen LogP contribution in [0.1, 0.15) is 41.8 Å². The van der Waals surface area contributed by atoms with Crippen LogP contribution in [0.2, 0.25) is 0 Å². The topological polar surface area (TPSA) is 34.7 Å². The molecule has 24 heavy (non-hydrogen) atoms. The molecule has 4 rings (SSSR count). The van der Waals surface area contributed by atoms with Gasteiger partial charge in [0, 0.05) is 29.9 Å². The molecule has 2 aromatic heterocycles. The largest absolute Gasteiger partial charge is 0.423 e.